The van der Waals surface area contributed by atoms with E-state index in [1.165, 1.54) is 12.1 Å². The van der Waals surface area contributed by atoms with Crippen molar-refractivity contribution in [3.05, 3.63) is 58.5 Å². The van der Waals surface area contributed by atoms with Crippen molar-refractivity contribution in [3.63, 3.8) is 0 Å². The Morgan fingerprint density at radius 1 is 1.18 bits per heavy atom. The predicted octanol–water partition coefficient (Wildman–Crippen LogP) is 5.14. The smallest absolute Gasteiger partial charge is 0.266 e. The van der Waals surface area contributed by atoms with Gasteiger partial charge in [0, 0.05) is 35.1 Å². The second-order valence-corrected chi connectivity index (χ2v) is 10.7. The number of anilines is 2. The largest absolute Gasteiger partial charge is 0.378 e. The Morgan fingerprint density at radius 3 is 2.63 bits per heavy atom. The number of carbonyl (C=O) groups is 1. The Kier molecular flexibility index (Phi) is 6.81. The molecule has 1 saturated heterocycles. The van der Waals surface area contributed by atoms with E-state index in [0.717, 1.165) is 34.6 Å². The molecule has 1 aromatic heterocycles. The molecule has 3 heterocycles. The number of carbonyl (C=O) groups excluding carboxylic acids is 1. The average molecular weight is 528 g/mol. The third-order valence-corrected chi connectivity index (χ3v) is 7.85. The van der Waals surface area contributed by atoms with Crippen LogP contribution in [0.3, 0.4) is 0 Å². The second kappa shape index (κ2) is 9.81. The molecular weight excluding hydrogens is 495 g/mol. The van der Waals surface area contributed by atoms with Crippen LogP contribution in [0.15, 0.2) is 30.3 Å². The van der Waals surface area contributed by atoms with E-state index in [0.29, 0.717) is 31.3 Å². The summed E-state index contributed by atoms with van der Waals surface area (Å²) in [6.45, 7) is 9.87. The number of ether oxygens (including phenoxy) is 1. The molecule has 202 valence electrons. The molecule has 0 spiro atoms. The number of rotatable bonds is 6. The molecule has 10 heteroatoms. The molecule has 0 aliphatic carbocycles. The van der Waals surface area contributed by atoms with Gasteiger partial charge < -0.3 is 15.0 Å². The number of benzene rings is 2. The van der Waals surface area contributed by atoms with Gasteiger partial charge in [-0.2, -0.15) is 5.10 Å². The molecule has 2 aliphatic heterocycles. The molecule has 0 bridgehead atoms. The molecular formula is C28H32F3N5O2. The van der Waals surface area contributed by atoms with Crippen LogP contribution in [0, 0.1) is 12.7 Å². The molecule has 2 aromatic carbocycles. The minimum atomic E-state index is -2.91. The van der Waals surface area contributed by atoms with E-state index >= 15 is 0 Å². The van der Waals surface area contributed by atoms with E-state index in [2.05, 4.69) is 20.4 Å². The Labute approximate surface area is 220 Å². The summed E-state index contributed by atoms with van der Waals surface area (Å²) in [6, 6.07) is 7.30. The molecule has 5 rings (SSSR count). The summed E-state index contributed by atoms with van der Waals surface area (Å²) in [7, 11) is 2.03. The molecule has 2 aliphatic rings. The molecule has 7 nitrogen and oxygen atoms in total. The van der Waals surface area contributed by atoms with Gasteiger partial charge in [-0.3, -0.25) is 9.69 Å². The topological polar surface area (TPSA) is 70.6 Å². The van der Waals surface area contributed by atoms with E-state index in [9.17, 15) is 18.0 Å². The van der Waals surface area contributed by atoms with Gasteiger partial charge in [0.1, 0.15) is 5.82 Å². The van der Waals surface area contributed by atoms with Gasteiger partial charge >= 0.3 is 0 Å². The first kappa shape index (κ1) is 26.4. The van der Waals surface area contributed by atoms with E-state index in [-0.39, 0.29) is 17.5 Å². The van der Waals surface area contributed by atoms with Crippen molar-refractivity contribution in [2.24, 2.45) is 0 Å². The van der Waals surface area contributed by atoms with Gasteiger partial charge in [0.25, 0.3) is 6.43 Å². The molecule has 1 amide bonds. The lowest BCUT2D eigenvalue weighted by Gasteiger charge is -2.35. The Morgan fingerprint density at radius 2 is 1.92 bits per heavy atom. The maximum absolute atomic E-state index is 14.9. The number of nitrogens with zero attached hydrogens (tertiary/aromatic N) is 4. The van der Waals surface area contributed by atoms with Gasteiger partial charge in [0.15, 0.2) is 5.82 Å². The standard InChI is InChI=1S/C28H32F3N5O2/c1-15(18-7-6-8-19(24(18)29)25(30)31)32-26-21-12-23-22(11-20(21)16(2)33-34-26)28(3,4)27(37)36(23)13-17-14-38-10-9-35(17)5/h6-8,11-12,15,17,25H,9-10,13-14H2,1-5H3,(H,32,34)/t15-,17?/m1/s1. The maximum Gasteiger partial charge on any atom is 0.266 e. The minimum Gasteiger partial charge on any atom is -0.378 e. The number of aromatic nitrogens is 2. The molecule has 1 N–H and O–H groups in total. The number of alkyl halides is 2. The zero-order valence-electron chi connectivity index (χ0n) is 22.2. The van der Waals surface area contributed by atoms with E-state index in [1.54, 1.807) is 6.92 Å². The summed E-state index contributed by atoms with van der Waals surface area (Å²) >= 11 is 0. The quantitative estimate of drug-likeness (QED) is 0.479. The number of halogens is 3. The summed E-state index contributed by atoms with van der Waals surface area (Å²) in [5.74, 6) is -0.544. The Bertz CT molecular complexity index is 1400. The highest BCUT2D eigenvalue weighted by atomic mass is 19.3. The van der Waals surface area contributed by atoms with E-state index in [4.69, 9.17) is 4.74 Å². The lowest BCUT2D eigenvalue weighted by molar-refractivity contribution is -0.122. The van der Waals surface area contributed by atoms with Gasteiger partial charge in [0.05, 0.1) is 42.0 Å². The van der Waals surface area contributed by atoms with Crippen molar-refractivity contribution < 1.29 is 22.7 Å². The molecule has 3 aromatic rings. The average Bonchev–Trinajstić information content (AvgIpc) is 3.06. The monoisotopic (exact) mass is 527 g/mol. The summed E-state index contributed by atoms with van der Waals surface area (Å²) in [6.07, 6.45) is -2.91. The van der Waals surface area contributed by atoms with Gasteiger partial charge in [0.2, 0.25) is 5.91 Å². The van der Waals surface area contributed by atoms with Crippen LogP contribution in [0.1, 0.15) is 55.6 Å². The Hall–Kier alpha value is -3.24. The van der Waals surface area contributed by atoms with Crippen molar-refractivity contribution in [2.75, 3.05) is 43.6 Å². The minimum absolute atomic E-state index is 0.00844. The number of morpholine rings is 1. The lowest BCUT2D eigenvalue weighted by Crippen LogP contribution is -2.51. The van der Waals surface area contributed by atoms with Crippen LogP contribution in [0.5, 0.6) is 0 Å². The highest BCUT2D eigenvalue weighted by molar-refractivity contribution is 6.11. The summed E-state index contributed by atoms with van der Waals surface area (Å²) in [5.41, 5.74) is 1.13. The fraction of sp³-hybridized carbons (Fsp3) is 0.464. The zero-order valence-corrected chi connectivity index (χ0v) is 22.2. The van der Waals surface area contributed by atoms with Gasteiger partial charge in [-0.05, 0) is 52.4 Å². The Balaban J connectivity index is 1.56. The molecule has 1 unspecified atom stereocenters. The third kappa shape index (κ3) is 4.39. The molecule has 38 heavy (non-hydrogen) atoms. The van der Waals surface area contributed by atoms with E-state index in [1.807, 2.05) is 44.9 Å². The summed E-state index contributed by atoms with van der Waals surface area (Å²) in [5, 5.41) is 13.3. The number of amides is 1. The van der Waals surface area contributed by atoms with Crippen molar-refractivity contribution >= 4 is 28.2 Å². The van der Waals surface area contributed by atoms with Crippen LogP contribution >= 0.6 is 0 Å². The van der Waals surface area contributed by atoms with E-state index < -0.39 is 29.3 Å². The lowest BCUT2D eigenvalue weighted by atomic mass is 9.85. The highest BCUT2D eigenvalue weighted by Gasteiger charge is 2.45. The fourth-order valence-corrected chi connectivity index (χ4v) is 5.38. The molecule has 0 saturated carbocycles. The highest BCUT2D eigenvalue weighted by Crippen LogP contribution is 2.45. The van der Waals surface area contributed by atoms with Crippen molar-refractivity contribution in [2.45, 2.75) is 51.6 Å². The van der Waals surface area contributed by atoms with Crippen LogP contribution in [-0.2, 0) is 14.9 Å². The van der Waals surface area contributed by atoms with Gasteiger partial charge in [-0.1, -0.05) is 18.2 Å². The van der Waals surface area contributed by atoms with Crippen molar-refractivity contribution in [1.29, 1.82) is 0 Å². The van der Waals surface area contributed by atoms with Crippen molar-refractivity contribution in [1.82, 2.24) is 15.1 Å². The first-order valence-corrected chi connectivity index (χ1v) is 12.7. The number of hydrogen-bond donors (Lipinski definition) is 1. The normalized spacial score (nSPS) is 20.3. The summed E-state index contributed by atoms with van der Waals surface area (Å²) < 4.78 is 47.1. The first-order chi connectivity index (χ1) is 18.0. The number of fused-ring (bicyclic) bond motifs is 2. The van der Waals surface area contributed by atoms with Crippen LogP contribution in [0.2, 0.25) is 0 Å². The third-order valence-electron chi connectivity index (χ3n) is 7.85. The molecule has 0 radical (unpaired) electrons. The molecule has 1 fully saturated rings. The summed E-state index contributed by atoms with van der Waals surface area (Å²) in [4.78, 5) is 17.6. The predicted molar refractivity (Wildman–Crippen MR) is 140 cm³/mol. The molecule has 2 atom stereocenters. The number of hydrogen-bond acceptors (Lipinski definition) is 6. The first-order valence-electron chi connectivity index (χ1n) is 12.7. The van der Waals surface area contributed by atoms with Gasteiger partial charge in [-0.15, -0.1) is 5.10 Å². The zero-order chi connectivity index (χ0) is 27.4. The van der Waals surface area contributed by atoms with Crippen LogP contribution < -0.4 is 10.2 Å². The van der Waals surface area contributed by atoms with Crippen LogP contribution in [0.4, 0.5) is 24.7 Å². The number of aryl methyl sites for hydroxylation is 1. The van der Waals surface area contributed by atoms with Crippen molar-refractivity contribution in [3.8, 4) is 0 Å². The van der Waals surface area contributed by atoms with Crippen LogP contribution in [0.25, 0.3) is 10.8 Å². The second-order valence-electron chi connectivity index (χ2n) is 10.7. The van der Waals surface area contributed by atoms with Crippen LogP contribution in [-0.4, -0.2) is 60.4 Å². The number of likely N-dealkylation sites (N-methyl/N-ethyl adjacent to an activating group) is 1. The number of nitrogens with one attached hydrogen (secondary N) is 1. The maximum atomic E-state index is 14.9. The fourth-order valence-electron chi connectivity index (χ4n) is 5.38. The van der Waals surface area contributed by atoms with Gasteiger partial charge in [-0.25, -0.2) is 13.2 Å². The SMILES string of the molecule is Cc1nnc(N[C@H](C)c2cccc(C(F)F)c2F)c2cc3c(cc12)C(C)(C)C(=O)N3CC1COCCN1C.